The Morgan fingerprint density at radius 2 is 1.85 bits per heavy atom. The van der Waals surface area contributed by atoms with Gasteiger partial charge in [-0.25, -0.2) is 9.18 Å². The number of carboxylic acid groups (broad SMARTS) is 1. The maximum Gasteiger partial charge on any atom is 0.337 e. The van der Waals surface area contributed by atoms with Crippen LogP contribution in [-0.2, 0) is 6.42 Å². The van der Waals surface area contributed by atoms with Gasteiger partial charge in [0.15, 0.2) is 0 Å². The maximum absolute atomic E-state index is 13.6. The smallest absolute Gasteiger partial charge is 0.337 e. The van der Waals surface area contributed by atoms with Crippen LogP contribution < -0.4 is 5.32 Å². The summed E-state index contributed by atoms with van der Waals surface area (Å²) in [6.45, 7) is 1.89. The van der Waals surface area contributed by atoms with Crippen LogP contribution in [-0.4, -0.2) is 17.1 Å². The molecule has 0 saturated carbocycles. The number of carbonyl (C=O) groups is 1. The molecule has 1 unspecified atom stereocenters. The van der Waals surface area contributed by atoms with Crippen molar-refractivity contribution in [1.29, 1.82) is 0 Å². The summed E-state index contributed by atoms with van der Waals surface area (Å²) in [6, 6.07) is 13.2. The van der Waals surface area contributed by atoms with Crippen molar-refractivity contribution in [3.63, 3.8) is 0 Å². The molecular weight excluding hydrogens is 257 g/mol. The van der Waals surface area contributed by atoms with Gasteiger partial charge in [-0.2, -0.15) is 0 Å². The minimum absolute atomic E-state index is 0.0765. The normalized spacial score (nSPS) is 11.9. The molecule has 4 heteroatoms. The lowest BCUT2D eigenvalue weighted by Gasteiger charge is -2.17. The van der Waals surface area contributed by atoms with Crippen molar-refractivity contribution in [2.45, 2.75) is 19.4 Å². The second-order valence-corrected chi connectivity index (χ2v) is 4.69. The zero-order valence-corrected chi connectivity index (χ0v) is 11.1. The minimum atomic E-state index is -0.980. The molecule has 20 heavy (non-hydrogen) atoms. The van der Waals surface area contributed by atoms with E-state index < -0.39 is 5.97 Å². The number of benzene rings is 2. The average Bonchev–Trinajstić information content (AvgIpc) is 2.41. The van der Waals surface area contributed by atoms with Gasteiger partial charge in [-0.05, 0) is 37.1 Å². The van der Waals surface area contributed by atoms with E-state index >= 15 is 0 Å². The van der Waals surface area contributed by atoms with Gasteiger partial charge in [0.1, 0.15) is 5.82 Å². The van der Waals surface area contributed by atoms with Crippen LogP contribution in [0.15, 0.2) is 48.5 Å². The molecule has 0 fully saturated rings. The zero-order chi connectivity index (χ0) is 14.5. The summed E-state index contributed by atoms with van der Waals surface area (Å²) in [7, 11) is 0. The van der Waals surface area contributed by atoms with E-state index in [9.17, 15) is 9.18 Å². The zero-order valence-electron chi connectivity index (χ0n) is 11.1. The van der Waals surface area contributed by atoms with Gasteiger partial charge in [0.05, 0.1) is 5.56 Å². The fourth-order valence-electron chi connectivity index (χ4n) is 2.11. The highest BCUT2D eigenvalue weighted by atomic mass is 19.1. The molecule has 0 radical (unpaired) electrons. The Morgan fingerprint density at radius 1 is 1.20 bits per heavy atom. The lowest BCUT2D eigenvalue weighted by molar-refractivity contribution is 0.0698. The van der Waals surface area contributed by atoms with Crippen molar-refractivity contribution < 1.29 is 14.3 Å². The van der Waals surface area contributed by atoms with Crippen LogP contribution in [0.1, 0.15) is 22.8 Å². The van der Waals surface area contributed by atoms with Crippen LogP contribution >= 0.6 is 0 Å². The summed E-state index contributed by atoms with van der Waals surface area (Å²) in [5, 5.41) is 12.2. The van der Waals surface area contributed by atoms with Crippen LogP contribution in [0.25, 0.3) is 0 Å². The molecule has 0 heterocycles. The molecule has 2 aromatic carbocycles. The number of carboxylic acids is 1. The molecular formula is C16H16FNO2. The predicted molar refractivity (Wildman–Crippen MR) is 76.6 cm³/mol. The van der Waals surface area contributed by atoms with E-state index in [1.165, 1.54) is 6.07 Å². The standard InChI is InChI=1S/C16H16FNO2/c1-11(10-12-6-2-4-8-14(12)17)18-15-9-5-3-7-13(15)16(19)20/h2-9,11,18H,10H2,1H3,(H,19,20). The first-order chi connectivity index (χ1) is 9.58. The molecule has 0 aliphatic carbocycles. The molecule has 2 N–H and O–H groups in total. The summed E-state index contributed by atoms with van der Waals surface area (Å²) < 4.78 is 13.6. The third kappa shape index (κ3) is 3.35. The van der Waals surface area contributed by atoms with E-state index in [2.05, 4.69) is 5.32 Å². The Bertz CT molecular complexity index is 613. The van der Waals surface area contributed by atoms with E-state index in [0.717, 1.165) is 0 Å². The Labute approximate surface area is 117 Å². The van der Waals surface area contributed by atoms with Gasteiger partial charge >= 0.3 is 5.97 Å². The van der Waals surface area contributed by atoms with Gasteiger partial charge in [-0.1, -0.05) is 30.3 Å². The Hall–Kier alpha value is -2.36. The van der Waals surface area contributed by atoms with Crippen molar-refractivity contribution >= 4 is 11.7 Å². The second-order valence-electron chi connectivity index (χ2n) is 4.69. The third-order valence-electron chi connectivity index (χ3n) is 3.04. The molecule has 0 bridgehead atoms. The molecule has 0 aliphatic heterocycles. The number of rotatable bonds is 5. The molecule has 104 valence electrons. The SMILES string of the molecule is CC(Cc1ccccc1F)Nc1ccccc1C(=O)O. The Balaban J connectivity index is 2.11. The van der Waals surface area contributed by atoms with Crippen molar-refractivity contribution in [2.24, 2.45) is 0 Å². The first-order valence-corrected chi connectivity index (χ1v) is 6.40. The summed E-state index contributed by atoms with van der Waals surface area (Å²) >= 11 is 0. The summed E-state index contributed by atoms with van der Waals surface area (Å²) in [6.07, 6.45) is 0.487. The van der Waals surface area contributed by atoms with Crippen molar-refractivity contribution in [3.8, 4) is 0 Å². The molecule has 2 aromatic rings. The first kappa shape index (κ1) is 14.1. The van der Waals surface area contributed by atoms with E-state index in [-0.39, 0.29) is 17.4 Å². The highest BCUT2D eigenvalue weighted by molar-refractivity contribution is 5.94. The molecule has 1 atom stereocenters. The number of para-hydroxylation sites is 1. The van der Waals surface area contributed by atoms with Gasteiger partial charge in [-0.15, -0.1) is 0 Å². The van der Waals surface area contributed by atoms with E-state index in [0.29, 0.717) is 17.7 Å². The van der Waals surface area contributed by atoms with Gasteiger partial charge in [0.2, 0.25) is 0 Å². The highest BCUT2D eigenvalue weighted by Crippen LogP contribution is 2.18. The third-order valence-corrected chi connectivity index (χ3v) is 3.04. The minimum Gasteiger partial charge on any atom is -0.478 e. The molecule has 0 aromatic heterocycles. The predicted octanol–water partition coefficient (Wildman–Crippen LogP) is 3.57. The number of anilines is 1. The van der Waals surface area contributed by atoms with Crippen molar-refractivity contribution in [3.05, 3.63) is 65.5 Å². The maximum atomic E-state index is 13.6. The van der Waals surface area contributed by atoms with Crippen LogP contribution in [0.5, 0.6) is 0 Å². The molecule has 0 amide bonds. The fourth-order valence-corrected chi connectivity index (χ4v) is 2.11. The molecule has 2 rings (SSSR count). The van der Waals surface area contributed by atoms with Gasteiger partial charge < -0.3 is 10.4 Å². The quantitative estimate of drug-likeness (QED) is 0.875. The number of aromatic carboxylic acids is 1. The lowest BCUT2D eigenvalue weighted by atomic mass is 10.1. The molecule has 0 saturated heterocycles. The second kappa shape index (κ2) is 6.19. The average molecular weight is 273 g/mol. The van der Waals surface area contributed by atoms with Crippen LogP contribution in [0.3, 0.4) is 0 Å². The van der Waals surface area contributed by atoms with Gasteiger partial charge in [0, 0.05) is 11.7 Å². The van der Waals surface area contributed by atoms with Crippen LogP contribution in [0.4, 0.5) is 10.1 Å². The first-order valence-electron chi connectivity index (χ1n) is 6.40. The molecule has 3 nitrogen and oxygen atoms in total. The van der Waals surface area contributed by atoms with Crippen LogP contribution in [0.2, 0.25) is 0 Å². The van der Waals surface area contributed by atoms with Crippen molar-refractivity contribution in [1.82, 2.24) is 0 Å². The molecule has 0 spiro atoms. The summed E-state index contributed by atoms with van der Waals surface area (Å²) in [4.78, 5) is 11.1. The van der Waals surface area contributed by atoms with Crippen LogP contribution in [0, 0.1) is 5.82 Å². The Kier molecular flexibility index (Phi) is 4.35. The number of nitrogens with one attached hydrogen (secondary N) is 1. The molecule has 0 aliphatic rings. The van der Waals surface area contributed by atoms with Gasteiger partial charge in [-0.3, -0.25) is 0 Å². The number of hydrogen-bond donors (Lipinski definition) is 2. The lowest BCUT2D eigenvalue weighted by Crippen LogP contribution is -2.20. The van der Waals surface area contributed by atoms with Gasteiger partial charge in [0.25, 0.3) is 0 Å². The largest absolute Gasteiger partial charge is 0.478 e. The van der Waals surface area contributed by atoms with E-state index in [1.54, 1.807) is 42.5 Å². The number of halogens is 1. The van der Waals surface area contributed by atoms with Crippen molar-refractivity contribution in [2.75, 3.05) is 5.32 Å². The van der Waals surface area contributed by atoms with E-state index in [1.807, 2.05) is 6.92 Å². The topological polar surface area (TPSA) is 49.3 Å². The monoisotopic (exact) mass is 273 g/mol. The Morgan fingerprint density at radius 3 is 2.55 bits per heavy atom. The van der Waals surface area contributed by atoms with E-state index in [4.69, 9.17) is 5.11 Å². The summed E-state index contributed by atoms with van der Waals surface area (Å²) in [5.41, 5.74) is 1.37. The highest BCUT2D eigenvalue weighted by Gasteiger charge is 2.12. The number of hydrogen-bond acceptors (Lipinski definition) is 2. The summed E-state index contributed by atoms with van der Waals surface area (Å²) in [5.74, 6) is -1.22. The fraction of sp³-hybridized carbons (Fsp3) is 0.188.